The molecule has 1 aromatic heterocycles. The molecule has 0 unspecified atom stereocenters. The highest BCUT2D eigenvalue weighted by Gasteiger charge is 1.89. The Hall–Kier alpha value is -1.55. The molecule has 0 saturated heterocycles. The minimum Gasteiger partial charge on any atom is -0.396 e. The number of nitrogens with zero attached hydrogens (tertiary/aromatic N) is 2. The monoisotopic (exact) mass is 194 g/mol. The molecule has 0 aliphatic rings. The molecule has 1 rings (SSSR count). The van der Waals surface area contributed by atoms with Gasteiger partial charge in [-0.3, -0.25) is 4.99 Å². The van der Waals surface area contributed by atoms with E-state index in [1.165, 1.54) is 12.3 Å². The van der Waals surface area contributed by atoms with E-state index in [2.05, 4.69) is 9.98 Å². The van der Waals surface area contributed by atoms with Gasteiger partial charge in [0, 0.05) is 30.8 Å². The zero-order valence-corrected chi connectivity index (χ0v) is 7.60. The van der Waals surface area contributed by atoms with E-state index in [0.717, 1.165) is 5.56 Å². The maximum atomic E-state index is 12.4. The molecule has 14 heavy (non-hydrogen) atoms. The van der Waals surface area contributed by atoms with Crippen molar-refractivity contribution in [1.82, 2.24) is 4.98 Å². The first-order chi connectivity index (χ1) is 6.83. The molecule has 74 valence electrons. The maximum absolute atomic E-state index is 12.4. The van der Waals surface area contributed by atoms with Crippen LogP contribution in [0.4, 0.5) is 4.39 Å². The molecule has 0 radical (unpaired) electrons. The lowest BCUT2D eigenvalue weighted by Crippen LogP contribution is -1.85. The molecule has 0 aliphatic heterocycles. The van der Waals surface area contributed by atoms with Gasteiger partial charge in [-0.25, -0.2) is 4.98 Å². The molecule has 4 heteroatoms. The molecular weight excluding hydrogens is 183 g/mol. The van der Waals surface area contributed by atoms with Gasteiger partial charge >= 0.3 is 0 Å². The van der Waals surface area contributed by atoms with Crippen LogP contribution in [-0.2, 0) is 0 Å². The van der Waals surface area contributed by atoms with E-state index >= 15 is 0 Å². The number of hydrogen-bond donors (Lipinski definition) is 1. The number of rotatable bonds is 4. The molecule has 0 spiro atoms. The highest BCUT2D eigenvalue weighted by Crippen LogP contribution is 1.95. The standard InChI is InChI=1S/C10H11FN2O/c11-10-4-3-9(8-13-10)7-12-5-1-2-6-14/h1,3-5,7-8,14H,2,6H2/b5-1-,12-7?. The summed E-state index contributed by atoms with van der Waals surface area (Å²) in [6.45, 7) is 0.115. The van der Waals surface area contributed by atoms with Gasteiger partial charge in [-0.2, -0.15) is 4.39 Å². The molecular formula is C10H11FN2O. The van der Waals surface area contributed by atoms with Gasteiger partial charge in [0.1, 0.15) is 0 Å². The van der Waals surface area contributed by atoms with E-state index in [-0.39, 0.29) is 6.61 Å². The number of aromatic nitrogens is 1. The molecule has 0 bridgehead atoms. The van der Waals surface area contributed by atoms with Crippen molar-refractivity contribution in [3.8, 4) is 0 Å². The maximum Gasteiger partial charge on any atom is 0.212 e. The number of aliphatic imine (C=N–C) groups is 1. The zero-order chi connectivity index (χ0) is 10.2. The number of hydrogen-bond acceptors (Lipinski definition) is 3. The Morgan fingerprint density at radius 2 is 2.36 bits per heavy atom. The van der Waals surface area contributed by atoms with Crippen LogP contribution in [0.25, 0.3) is 0 Å². The van der Waals surface area contributed by atoms with Gasteiger partial charge in [0.15, 0.2) is 0 Å². The third-order valence-corrected chi connectivity index (χ3v) is 1.46. The van der Waals surface area contributed by atoms with Crippen molar-refractivity contribution in [1.29, 1.82) is 0 Å². The second-order valence-corrected chi connectivity index (χ2v) is 2.59. The summed E-state index contributed by atoms with van der Waals surface area (Å²) in [6.07, 6.45) is 6.88. The minimum atomic E-state index is -0.502. The number of aliphatic hydroxyl groups excluding tert-OH is 1. The van der Waals surface area contributed by atoms with E-state index in [1.807, 2.05) is 0 Å². The average Bonchev–Trinajstić information content (AvgIpc) is 2.21. The van der Waals surface area contributed by atoms with Crippen LogP contribution >= 0.6 is 0 Å². The van der Waals surface area contributed by atoms with Crippen molar-refractivity contribution in [2.45, 2.75) is 6.42 Å². The predicted molar refractivity (Wildman–Crippen MR) is 52.6 cm³/mol. The summed E-state index contributed by atoms with van der Waals surface area (Å²) < 4.78 is 12.4. The summed E-state index contributed by atoms with van der Waals surface area (Å²) >= 11 is 0. The molecule has 0 saturated carbocycles. The molecule has 1 heterocycles. The molecule has 0 aliphatic carbocycles. The Balaban J connectivity index is 2.47. The van der Waals surface area contributed by atoms with Gasteiger partial charge in [-0.15, -0.1) is 0 Å². The van der Waals surface area contributed by atoms with Crippen molar-refractivity contribution in [3.05, 3.63) is 42.1 Å². The van der Waals surface area contributed by atoms with Crippen LogP contribution in [-0.4, -0.2) is 22.9 Å². The van der Waals surface area contributed by atoms with Gasteiger partial charge in [0.2, 0.25) is 5.95 Å². The molecule has 1 N–H and O–H groups in total. The van der Waals surface area contributed by atoms with E-state index in [0.29, 0.717) is 6.42 Å². The summed E-state index contributed by atoms with van der Waals surface area (Å²) in [5.41, 5.74) is 0.736. The Labute approximate surface area is 81.6 Å². The Bertz CT molecular complexity index is 319. The van der Waals surface area contributed by atoms with E-state index in [4.69, 9.17) is 5.11 Å². The summed E-state index contributed by atoms with van der Waals surface area (Å²) in [6, 6.07) is 2.87. The van der Waals surface area contributed by atoms with Crippen LogP contribution in [0.2, 0.25) is 0 Å². The van der Waals surface area contributed by atoms with Gasteiger partial charge in [0.25, 0.3) is 0 Å². The van der Waals surface area contributed by atoms with Crippen molar-refractivity contribution >= 4 is 6.21 Å². The van der Waals surface area contributed by atoms with Gasteiger partial charge < -0.3 is 5.11 Å². The predicted octanol–water partition coefficient (Wildman–Crippen LogP) is 1.54. The molecule has 0 fully saturated rings. The first-order valence-electron chi connectivity index (χ1n) is 4.23. The third-order valence-electron chi connectivity index (χ3n) is 1.46. The summed E-state index contributed by atoms with van der Waals surface area (Å²) in [5, 5.41) is 8.46. The quantitative estimate of drug-likeness (QED) is 0.583. The largest absolute Gasteiger partial charge is 0.396 e. The van der Waals surface area contributed by atoms with Crippen molar-refractivity contribution in [2.75, 3.05) is 6.61 Å². The second-order valence-electron chi connectivity index (χ2n) is 2.59. The van der Waals surface area contributed by atoms with Crippen LogP contribution in [0.1, 0.15) is 12.0 Å². The van der Waals surface area contributed by atoms with Crippen LogP contribution in [0.15, 0.2) is 35.6 Å². The van der Waals surface area contributed by atoms with E-state index in [1.54, 1.807) is 24.6 Å². The van der Waals surface area contributed by atoms with Crippen LogP contribution in [0.3, 0.4) is 0 Å². The smallest absolute Gasteiger partial charge is 0.212 e. The second kappa shape index (κ2) is 5.99. The number of aliphatic hydroxyl groups is 1. The fraction of sp³-hybridized carbons (Fsp3) is 0.200. The van der Waals surface area contributed by atoms with Crippen molar-refractivity contribution in [3.63, 3.8) is 0 Å². The Kier molecular flexibility index (Phi) is 4.50. The lowest BCUT2D eigenvalue weighted by atomic mass is 10.3. The topological polar surface area (TPSA) is 45.5 Å². The molecule has 1 aromatic rings. The van der Waals surface area contributed by atoms with E-state index < -0.39 is 5.95 Å². The molecule has 3 nitrogen and oxygen atoms in total. The van der Waals surface area contributed by atoms with E-state index in [9.17, 15) is 4.39 Å². The van der Waals surface area contributed by atoms with Crippen molar-refractivity contribution < 1.29 is 9.50 Å². The lowest BCUT2D eigenvalue weighted by Gasteiger charge is -1.89. The first kappa shape index (κ1) is 10.5. The van der Waals surface area contributed by atoms with Crippen LogP contribution < -0.4 is 0 Å². The summed E-state index contributed by atoms with van der Waals surface area (Å²) in [4.78, 5) is 7.40. The lowest BCUT2D eigenvalue weighted by molar-refractivity contribution is 0.302. The fourth-order valence-corrected chi connectivity index (χ4v) is 0.803. The SMILES string of the molecule is OCC/C=C\N=Cc1ccc(F)nc1. The number of pyridine rings is 1. The average molecular weight is 194 g/mol. The summed E-state index contributed by atoms with van der Waals surface area (Å²) in [5.74, 6) is -0.502. The Morgan fingerprint density at radius 1 is 1.50 bits per heavy atom. The number of halogens is 1. The van der Waals surface area contributed by atoms with Crippen molar-refractivity contribution in [2.24, 2.45) is 4.99 Å². The zero-order valence-electron chi connectivity index (χ0n) is 7.60. The van der Waals surface area contributed by atoms with Crippen LogP contribution in [0, 0.1) is 5.95 Å². The fourth-order valence-electron chi connectivity index (χ4n) is 0.803. The van der Waals surface area contributed by atoms with Gasteiger partial charge in [-0.05, 0) is 18.6 Å². The van der Waals surface area contributed by atoms with Crippen LogP contribution in [0.5, 0.6) is 0 Å². The highest BCUT2D eigenvalue weighted by molar-refractivity contribution is 5.79. The third kappa shape index (κ3) is 3.91. The molecule has 0 amide bonds. The molecule has 0 aromatic carbocycles. The first-order valence-corrected chi connectivity index (χ1v) is 4.23. The summed E-state index contributed by atoms with van der Waals surface area (Å²) in [7, 11) is 0. The van der Waals surface area contributed by atoms with Gasteiger partial charge in [-0.1, -0.05) is 6.08 Å². The van der Waals surface area contributed by atoms with Gasteiger partial charge in [0.05, 0.1) is 0 Å². The Morgan fingerprint density at radius 3 is 3.00 bits per heavy atom. The normalized spacial score (nSPS) is 11.6. The minimum absolute atomic E-state index is 0.115. The molecule has 0 atom stereocenters. The highest BCUT2D eigenvalue weighted by atomic mass is 19.1.